The third-order valence-corrected chi connectivity index (χ3v) is 5.58. The van der Waals surface area contributed by atoms with Crippen LogP contribution in [0.3, 0.4) is 0 Å². The van der Waals surface area contributed by atoms with Crippen LogP contribution in [0.2, 0.25) is 0 Å². The molecule has 0 saturated carbocycles. The molecule has 2 saturated heterocycles. The van der Waals surface area contributed by atoms with Crippen LogP contribution < -0.4 is 0 Å². The van der Waals surface area contributed by atoms with Crippen molar-refractivity contribution in [2.45, 2.75) is 71.9 Å². The molecule has 0 aromatic rings. The van der Waals surface area contributed by atoms with Crippen LogP contribution in [0.25, 0.3) is 0 Å². The highest BCUT2D eigenvalue weighted by Crippen LogP contribution is 2.27. The molecule has 1 atom stereocenters. The zero-order valence-corrected chi connectivity index (χ0v) is 16.2. The van der Waals surface area contributed by atoms with Gasteiger partial charge >= 0.3 is 0 Å². The second-order valence-corrected chi connectivity index (χ2v) is 9.35. The summed E-state index contributed by atoms with van der Waals surface area (Å²) in [6.45, 7) is 19.8. The SMILES string of the molecule is CC(C)(C)N1CCN(C(=O)CC[C@@H]2CCN(C(C)(C)C)C2)CC1. The quantitative estimate of drug-likeness (QED) is 0.799. The molecule has 0 N–H and O–H groups in total. The van der Waals surface area contributed by atoms with Gasteiger partial charge in [-0.1, -0.05) is 0 Å². The van der Waals surface area contributed by atoms with Crippen LogP contribution in [0.4, 0.5) is 0 Å². The average molecular weight is 324 g/mol. The predicted molar refractivity (Wildman–Crippen MR) is 96.6 cm³/mol. The van der Waals surface area contributed by atoms with E-state index < -0.39 is 0 Å². The lowest BCUT2D eigenvalue weighted by atomic mass is 10.0. The van der Waals surface area contributed by atoms with Gasteiger partial charge in [0.2, 0.25) is 5.91 Å². The molecule has 4 nitrogen and oxygen atoms in total. The summed E-state index contributed by atoms with van der Waals surface area (Å²) in [6.07, 6.45) is 3.05. The molecule has 23 heavy (non-hydrogen) atoms. The molecular weight excluding hydrogens is 286 g/mol. The molecule has 0 aromatic heterocycles. The standard InChI is InChI=1S/C19H37N3O/c1-18(2,3)21-13-11-20(12-14-21)17(23)8-7-16-9-10-22(15-16)19(4,5)6/h16H,7-15H2,1-6H3/t16-/m1/s1. The van der Waals surface area contributed by atoms with E-state index in [0.29, 0.717) is 11.8 Å². The molecule has 0 aromatic carbocycles. The first kappa shape index (κ1) is 18.7. The lowest BCUT2D eigenvalue weighted by Crippen LogP contribution is -2.54. The van der Waals surface area contributed by atoms with Crippen LogP contribution in [0.15, 0.2) is 0 Å². The maximum absolute atomic E-state index is 12.5. The number of likely N-dealkylation sites (tertiary alicyclic amines) is 1. The number of hydrogen-bond acceptors (Lipinski definition) is 3. The summed E-state index contributed by atoms with van der Waals surface area (Å²) in [5, 5.41) is 0. The Bertz CT molecular complexity index is 400. The van der Waals surface area contributed by atoms with Crippen LogP contribution in [-0.2, 0) is 4.79 Å². The topological polar surface area (TPSA) is 26.8 Å². The van der Waals surface area contributed by atoms with Gasteiger partial charge in [-0.15, -0.1) is 0 Å². The second kappa shape index (κ2) is 7.10. The van der Waals surface area contributed by atoms with Gasteiger partial charge < -0.3 is 4.90 Å². The van der Waals surface area contributed by atoms with Crippen molar-refractivity contribution in [3.63, 3.8) is 0 Å². The molecule has 0 aliphatic carbocycles. The van der Waals surface area contributed by atoms with Gasteiger partial charge in [0.1, 0.15) is 0 Å². The van der Waals surface area contributed by atoms with Crippen molar-refractivity contribution in [3.8, 4) is 0 Å². The number of hydrogen-bond donors (Lipinski definition) is 0. The van der Waals surface area contributed by atoms with Gasteiger partial charge in [-0.3, -0.25) is 14.6 Å². The third kappa shape index (κ3) is 5.18. The minimum Gasteiger partial charge on any atom is -0.340 e. The fourth-order valence-corrected chi connectivity index (χ4v) is 3.79. The van der Waals surface area contributed by atoms with Crippen LogP contribution >= 0.6 is 0 Å². The maximum atomic E-state index is 12.5. The number of amides is 1. The minimum absolute atomic E-state index is 0.218. The number of carbonyl (C=O) groups is 1. The number of nitrogens with zero attached hydrogens (tertiary/aromatic N) is 3. The first-order chi connectivity index (χ1) is 10.6. The normalized spacial score (nSPS) is 25.1. The number of piperazine rings is 1. The summed E-state index contributed by atoms with van der Waals surface area (Å²) < 4.78 is 0. The van der Waals surface area contributed by atoms with Gasteiger partial charge in [-0.25, -0.2) is 0 Å². The van der Waals surface area contributed by atoms with Crippen molar-refractivity contribution in [2.24, 2.45) is 5.92 Å². The molecule has 2 rings (SSSR count). The van der Waals surface area contributed by atoms with E-state index in [1.807, 2.05) is 0 Å². The van der Waals surface area contributed by atoms with Gasteiger partial charge in [0, 0.05) is 50.2 Å². The Morgan fingerprint density at radius 3 is 1.91 bits per heavy atom. The van der Waals surface area contributed by atoms with Gasteiger partial charge in [0.05, 0.1) is 0 Å². The number of carbonyl (C=O) groups excluding carboxylic acids is 1. The predicted octanol–water partition coefficient (Wildman–Crippen LogP) is 2.83. The fourth-order valence-electron chi connectivity index (χ4n) is 3.79. The zero-order valence-electron chi connectivity index (χ0n) is 16.2. The Morgan fingerprint density at radius 1 is 0.870 bits per heavy atom. The monoisotopic (exact) mass is 323 g/mol. The molecular formula is C19H37N3O. The first-order valence-corrected chi connectivity index (χ1v) is 9.35. The van der Waals surface area contributed by atoms with Crippen LogP contribution in [0.1, 0.15) is 60.8 Å². The van der Waals surface area contributed by atoms with Crippen molar-refractivity contribution in [1.82, 2.24) is 14.7 Å². The molecule has 2 fully saturated rings. The van der Waals surface area contributed by atoms with E-state index in [0.717, 1.165) is 45.6 Å². The van der Waals surface area contributed by atoms with Crippen molar-refractivity contribution < 1.29 is 4.79 Å². The van der Waals surface area contributed by atoms with E-state index >= 15 is 0 Å². The van der Waals surface area contributed by atoms with Crippen molar-refractivity contribution in [3.05, 3.63) is 0 Å². The van der Waals surface area contributed by atoms with E-state index in [1.165, 1.54) is 13.0 Å². The van der Waals surface area contributed by atoms with Crippen molar-refractivity contribution >= 4 is 5.91 Å². The first-order valence-electron chi connectivity index (χ1n) is 9.35. The van der Waals surface area contributed by atoms with Gasteiger partial charge in [0.15, 0.2) is 0 Å². The molecule has 2 aliphatic rings. The molecule has 0 bridgehead atoms. The van der Waals surface area contributed by atoms with Gasteiger partial charge in [-0.2, -0.15) is 0 Å². The van der Waals surface area contributed by atoms with Crippen molar-refractivity contribution in [1.29, 1.82) is 0 Å². The highest BCUT2D eigenvalue weighted by Gasteiger charge is 2.31. The molecule has 2 aliphatic heterocycles. The summed E-state index contributed by atoms with van der Waals surface area (Å²) >= 11 is 0. The average Bonchev–Trinajstić information content (AvgIpc) is 2.93. The molecule has 134 valence electrons. The summed E-state index contributed by atoms with van der Waals surface area (Å²) in [6, 6.07) is 0. The minimum atomic E-state index is 0.218. The molecule has 1 amide bonds. The van der Waals surface area contributed by atoms with Crippen LogP contribution in [0.5, 0.6) is 0 Å². The highest BCUT2D eigenvalue weighted by atomic mass is 16.2. The molecule has 0 radical (unpaired) electrons. The molecule has 0 spiro atoms. The fraction of sp³-hybridized carbons (Fsp3) is 0.947. The molecule has 0 unspecified atom stereocenters. The largest absolute Gasteiger partial charge is 0.340 e. The van der Waals surface area contributed by atoms with E-state index in [-0.39, 0.29) is 11.1 Å². The van der Waals surface area contributed by atoms with Gasteiger partial charge in [-0.05, 0) is 66.8 Å². The molecule has 4 heteroatoms. The van der Waals surface area contributed by atoms with E-state index in [9.17, 15) is 4.79 Å². The van der Waals surface area contributed by atoms with Gasteiger partial charge in [0.25, 0.3) is 0 Å². The highest BCUT2D eigenvalue weighted by molar-refractivity contribution is 5.76. The summed E-state index contributed by atoms with van der Waals surface area (Å²) in [7, 11) is 0. The Balaban J connectivity index is 1.71. The molecule has 2 heterocycles. The Morgan fingerprint density at radius 2 is 1.43 bits per heavy atom. The summed E-state index contributed by atoms with van der Waals surface area (Å²) in [5.74, 6) is 1.07. The van der Waals surface area contributed by atoms with E-state index in [2.05, 4.69) is 56.2 Å². The lowest BCUT2D eigenvalue weighted by Gasteiger charge is -2.42. The Labute approximate surface area is 143 Å². The lowest BCUT2D eigenvalue weighted by molar-refractivity contribution is -0.134. The second-order valence-electron chi connectivity index (χ2n) is 9.35. The maximum Gasteiger partial charge on any atom is 0.222 e. The third-order valence-electron chi connectivity index (χ3n) is 5.58. The summed E-state index contributed by atoms with van der Waals surface area (Å²) in [4.78, 5) is 19.6. The zero-order chi connectivity index (χ0) is 17.3. The summed E-state index contributed by atoms with van der Waals surface area (Å²) in [5.41, 5.74) is 0.484. The number of rotatable bonds is 3. The Kier molecular flexibility index (Phi) is 5.78. The smallest absolute Gasteiger partial charge is 0.222 e. The van der Waals surface area contributed by atoms with E-state index in [1.54, 1.807) is 0 Å². The van der Waals surface area contributed by atoms with Crippen LogP contribution in [-0.4, -0.2) is 71.0 Å². The van der Waals surface area contributed by atoms with E-state index in [4.69, 9.17) is 0 Å². The van der Waals surface area contributed by atoms with Crippen molar-refractivity contribution in [2.75, 3.05) is 39.3 Å². The van der Waals surface area contributed by atoms with Crippen LogP contribution in [0, 0.1) is 5.92 Å². The Hall–Kier alpha value is -0.610.